The lowest BCUT2D eigenvalue weighted by molar-refractivity contribution is -0.140. The van der Waals surface area contributed by atoms with Crippen LogP contribution in [0.4, 0.5) is 3.89 Å². The molecule has 0 amide bonds. The van der Waals surface area contributed by atoms with E-state index in [2.05, 4.69) is 9.50 Å². The van der Waals surface area contributed by atoms with Crippen molar-refractivity contribution in [3.8, 4) is 0 Å². The summed E-state index contributed by atoms with van der Waals surface area (Å²) in [5.74, 6) is -1.18. The first kappa shape index (κ1) is 14.6. The van der Waals surface area contributed by atoms with Crippen molar-refractivity contribution in [1.82, 2.24) is 5.32 Å². The van der Waals surface area contributed by atoms with Crippen molar-refractivity contribution in [3.63, 3.8) is 0 Å². The van der Waals surface area contributed by atoms with Gasteiger partial charge in [-0.2, -0.15) is 8.42 Å². The standard InChI is InChI=1S/C11H14FNO4S/c1-11(13-2,10(14)17-18(12,15)16)8-9-6-4-3-5-7-9/h3-7,13H,8H2,1-2H3/t11-/m0/s1. The monoisotopic (exact) mass is 275 g/mol. The number of hydrogen-bond acceptors (Lipinski definition) is 5. The molecule has 0 spiro atoms. The van der Waals surface area contributed by atoms with Crippen molar-refractivity contribution in [2.45, 2.75) is 18.9 Å². The maximum absolute atomic E-state index is 12.3. The normalized spacial score (nSPS) is 14.8. The van der Waals surface area contributed by atoms with E-state index in [4.69, 9.17) is 0 Å². The van der Waals surface area contributed by atoms with Gasteiger partial charge in [0.15, 0.2) is 0 Å². The first-order chi connectivity index (χ1) is 8.27. The van der Waals surface area contributed by atoms with E-state index in [9.17, 15) is 17.1 Å². The molecule has 0 saturated carbocycles. The smallest absolute Gasteiger partial charge is 0.320 e. The average molecular weight is 275 g/mol. The van der Waals surface area contributed by atoms with Crippen LogP contribution >= 0.6 is 0 Å². The van der Waals surface area contributed by atoms with Gasteiger partial charge in [-0.1, -0.05) is 34.2 Å². The third-order valence-corrected chi connectivity index (χ3v) is 2.93. The van der Waals surface area contributed by atoms with Gasteiger partial charge in [0, 0.05) is 6.42 Å². The van der Waals surface area contributed by atoms with Gasteiger partial charge in [0.05, 0.1) is 0 Å². The van der Waals surface area contributed by atoms with Gasteiger partial charge in [-0.05, 0) is 19.5 Å². The summed E-state index contributed by atoms with van der Waals surface area (Å²) in [6, 6.07) is 8.91. The summed E-state index contributed by atoms with van der Waals surface area (Å²) in [4.78, 5) is 11.6. The Hall–Kier alpha value is -1.47. The molecule has 100 valence electrons. The second-order valence-corrected chi connectivity index (χ2v) is 4.96. The summed E-state index contributed by atoms with van der Waals surface area (Å²) in [5, 5.41) is 2.64. The number of carbonyl (C=O) groups excluding carboxylic acids is 1. The number of likely N-dealkylation sites (N-methyl/N-ethyl adjacent to an activating group) is 1. The minimum atomic E-state index is -5.30. The van der Waals surface area contributed by atoms with Crippen LogP contribution in [0.5, 0.6) is 0 Å². The van der Waals surface area contributed by atoms with E-state index in [1.54, 1.807) is 24.3 Å². The fraction of sp³-hybridized carbons (Fsp3) is 0.364. The van der Waals surface area contributed by atoms with Crippen LogP contribution in [0.1, 0.15) is 12.5 Å². The van der Waals surface area contributed by atoms with Crippen molar-refractivity contribution in [2.24, 2.45) is 0 Å². The van der Waals surface area contributed by atoms with Crippen molar-refractivity contribution in [3.05, 3.63) is 35.9 Å². The quantitative estimate of drug-likeness (QED) is 0.810. The predicted octanol–water partition coefficient (Wildman–Crippen LogP) is 0.965. The third kappa shape index (κ3) is 4.08. The Kier molecular flexibility index (Phi) is 4.42. The second kappa shape index (κ2) is 5.45. The van der Waals surface area contributed by atoms with E-state index in [1.807, 2.05) is 6.07 Å². The van der Waals surface area contributed by atoms with Crippen molar-refractivity contribution < 1.29 is 21.3 Å². The molecule has 0 fully saturated rings. The molecule has 0 saturated heterocycles. The molecule has 1 atom stereocenters. The largest absolute Gasteiger partial charge is 0.491 e. The molecule has 1 rings (SSSR count). The van der Waals surface area contributed by atoms with Crippen LogP contribution in [0.25, 0.3) is 0 Å². The highest BCUT2D eigenvalue weighted by atomic mass is 32.3. The van der Waals surface area contributed by atoms with Gasteiger partial charge >= 0.3 is 16.5 Å². The summed E-state index contributed by atoms with van der Waals surface area (Å²) in [5.41, 5.74) is -0.525. The van der Waals surface area contributed by atoms with Gasteiger partial charge < -0.3 is 9.50 Å². The molecule has 7 heteroatoms. The van der Waals surface area contributed by atoms with Crippen molar-refractivity contribution in [1.29, 1.82) is 0 Å². The highest BCUT2D eigenvalue weighted by molar-refractivity contribution is 7.81. The van der Waals surface area contributed by atoms with Crippen LogP contribution < -0.4 is 5.32 Å². The van der Waals surface area contributed by atoms with Gasteiger partial charge in [0.25, 0.3) is 0 Å². The lowest BCUT2D eigenvalue weighted by Gasteiger charge is -2.25. The van der Waals surface area contributed by atoms with Crippen LogP contribution in [0.3, 0.4) is 0 Å². The highest BCUT2D eigenvalue weighted by Gasteiger charge is 2.36. The third-order valence-electron chi connectivity index (χ3n) is 2.58. The molecule has 0 aliphatic heterocycles. The van der Waals surface area contributed by atoms with E-state index < -0.39 is 22.0 Å². The molecule has 0 aromatic heterocycles. The Bertz CT molecular complexity index is 517. The van der Waals surface area contributed by atoms with Crippen LogP contribution in [-0.2, 0) is 25.9 Å². The zero-order chi connectivity index (χ0) is 13.8. The van der Waals surface area contributed by atoms with Gasteiger partial charge in [-0.25, -0.2) is 4.79 Å². The van der Waals surface area contributed by atoms with Crippen molar-refractivity contribution >= 4 is 16.5 Å². The fourth-order valence-electron chi connectivity index (χ4n) is 1.45. The zero-order valence-electron chi connectivity index (χ0n) is 10.0. The Morgan fingerprint density at radius 3 is 2.39 bits per heavy atom. The van der Waals surface area contributed by atoms with Gasteiger partial charge in [-0.3, -0.25) is 0 Å². The number of benzene rings is 1. The minimum absolute atomic E-state index is 0.179. The maximum Gasteiger partial charge on any atom is 0.491 e. The molecule has 0 aliphatic carbocycles. The Balaban J connectivity index is 2.89. The van der Waals surface area contributed by atoms with Crippen LogP contribution in [0.2, 0.25) is 0 Å². The second-order valence-electron chi connectivity index (χ2n) is 4.01. The van der Waals surface area contributed by atoms with Gasteiger partial charge in [-0.15, -0.1) is 0 Å². The summed E-state index contributed by atoms with van der Waals surface area (Å²) in [7, 11) is -3.83. The first-order valence-electron chi connectivity index (χ1n) is 5.18. The lowest BCUT2D eigenvalue weighted by atomic mass is 9.93. The van der Waals surface area contributed by atoms with Crippen LogP contribution in [0.15, 0.2) is 30.3 Å². The van der Waals surface area contributed by atoms with E-state index in [1.165, 1.54) is 14.0 Å². The van der Waals surface area contributed by atoms with E-state index in [-0.39, 0.29) is 6.42 Å². The molecule has 18 heavy (non-hydrogen) atoms. The summed E-state index contributed by atoms with van der Waals surface area (Å²) in [6.07, 6.45) is 0.179. The minimum Gasteiger partial charge on any atom is -0.320 e. The number of halogens is 1. The lowest BCUT2D eigenvalue weighted by Crippen LogP contribution is -2.50. The van der Waals surface area contributed by atoms with Crippen molar-refractivity contribution in [2.75, 3.05) is 7.05 Å². The van der Waals surface area contributed by atoms with Gasteiger partial charge in [0.2, 0.25) is 0 Å². The Labute approximate surface area is 105 Å². The van der Waals surface area contributed by atoms with E-state index in [0.29, 0.717) is 0 Å². The van der Waals surface area contributed by atoms with E-state index >= 15 is 0 Å². The molecule has 5 nitrogen and oxygen atoms in total. The molecule has 0 bridgehead atoms. The van der Waals surface area contributed by atoms with E-state index in [0.717, 1.165) is 5.56 Å². The van der Waals surface area contributed by atoms with Crippen LogP contribution in [-0.4, -0.2) is 27.0 Å². The molecule has 1 N–H and O–H groups in total. The molecular weight excluding hydrogens is 261 g/mol. The summed E-state index contributed by atoms with van der Waals surface area (Å²) < 4.78 is 36.8. The average Bonchev–Trinajstić information content (AvgIpc) is 2.28. The van der Waals surface area contributed by atoms with Crippen LogP contribution in [0, 0.1) is 0 Å². The molecular formula is C11H14FNO4S. The fourth-order valence-corrected chi connectivity index (χ4v) is 1.81. The SMILES string of the molecule is CN[C@@](C)(Cc1ccccc1)C(=O)OS(=O)(=O)F. The Morgan fingerprint density at radius 1 is 1.39 bits per heavy atom. The Morgan fingerprint density at radius 2 is 1.94 bits per heavy atom. The number of rotatable bonds is 5. The molecule has 1 aromatic carbocycles. The summed E-state index contributed by atoms with van der Waals surface area (Å²) >= 11 is 0. The molecule has 0 radical (unpaired) electrons. The predicted molar refractivity (Wildman–Crippen MR) is 63.7 cm³/mol. The molecule has 1 aromatic rings. The number of hydrogen-bond donors (Lipinski definition) is 1. The molecule has 0 aliphatic rings. The molecule has 0 unspecified atom stereocenters. The first-order valence-corrected chi connectivity index (χ1v) is 6.49. The number of carbonyl (C=O) groups is 1. The summed E-state index contributed by atoms with van der Waals surface area (Å²) in [6.45, 7) is 1.44. The highest BCUT2D eigenvalue weighted by Crippen LogP contribution is 2.16. The molecule has 0 heterocycles. The zero-order valence-corrected chi connectivity index (χ0v) is 10.8. The number of nitrogens with one attached hydrogen (secondary N) is 1. The maximum atomic E-state index is 12.3. The van der Waals surface area contributed by atoms with Gasteiger partial charge in [0.1, 0.15) is 5.54 Å². The topological polar surface area (TPSA) is 72.5 Å².